The highest BCUT2D eigenvalue weighted by molar-refractivity contribution is 9.10. The molecule has 0 aliphatic carbocycles. The van der Waals surface area contributed by atoms with E-state index in [4.69, 9.17) is 5.73 Å². The van der Waals surface area contributed by atoms with Crippen molar-refractivity contribution in [2.45, 2.75) is 25.7 Å². The maximum Gasteiger partial charge on any atom is 0.305 e. The molecule has 1 aromatic rings. The summed E-state index contributed by atoms with van der Waals surface area (Å²) in [6, 6.07) is 5.18. The number of rotatable bonds is 7. The summed E-state index contributed by atoms with van der Waals surface area (Å²) in [6.45, 7) is 0.561. The van der Waals surface area contributed by atoms with Gasteiger partial charge in [-0.25, -0.2) is 0 Å². The van der Waals surface area contributed by atoms with Crippen LogP contribution in [0.4, 0.5) is 5.69 Å². The van der Waals surface area contributed by atoms with Crippen molar-refractivity contribution in [3.05, 3.63) is 28.2 Å². The van der Waals surface area contributed by atoms with Crippen molar-refractivity contribution in [1.29, 1.82) is 0 Å². The number of unbranched alkanes of at least 4 members (excludes halogenated alkanes) is 2. The summed E-state index contributed by atoms with van der Waals surface area (Å²) in [5.41, 5.74) is 6.68. The summed E-state index contributed by atoms with van der Waals surface area (Å²) in [6.07, 6.45) is 2.87. The first-order chi connectivity index (χ1) is 9.54. The number of nitrogens with two attached hydrogens (primary N) is 1. The maximum absolute atomic E-state index is 11.9. The smallest absolute Gasteiger partial charge is 0.305 e. The number of esters is 1. The van der Waals surface area contributed by atoms with Crippen molar-refractivity contribution in [2.75, 3.05) is 19.4 Å². The van der Waals surface area contributed by atoms with Crippen molar-refractivity contribution in [3.63, 3.8) is 0 Å². The van der Waals surface area contributed by atoms with Gasteiger partial charge in [-0.2, -0.15) is 0 Å². The number of anilines is 1. The SMILES string of the molecule is COC(=O)CCCCCNC(=O)c1cc(Br)ccc1N. The molecule has 5 nitrogen and oxygen atoms in total. The molecule has 110 valence electrons. The van der Waals surface area contributed by atoms with E-state index in [0.717, 1.165) is 23.7 Å². The lowest BCUT2D eigenvalue weighted by Gasteiger charge is -2.08. The normalized spacial score (nSPS) is 10.1. The first-order valence-electron chi connectivity index (χ1n) is 6.44. The number of carbonyl (C=O) groups is 2. The third-order valence-corrected chi connectivity index (χ3v) is 3.32. The van der Waals surface area contributed by atoms with E-state index in [1.54, 1.807) is 18.2 Å². The third-order valence-electron chi connectivity index (χ3n) is 2.83. The van der Waals surface area contributed by atoms with Crippen LogP contribution in [0.1, 0.15) is 36.0 Å². The molecule has 0 saturated carbocycles. The largest absolute Gasteiger partial charge is 0.469 e. The fraction of sp³-hybridized carbons (Fsp3) is 0.429. The van der Waals surface area contributed by atoms with Crippen molar-refractivity contribution < 1.29 is 14.3 Å². The van der Waals surface area contributed by atoms with Crippen molar-refractivity contribution in [1.82, 2.24) is 5.32 Å². The number of carbonyl (C=O) groups excluding carboxylic acids is 2. The lowest BCUT2D eigenvalue weighted by molar-refractivity contribution is -0.140. The van der Waals surface area contributed by atoms with Crippen molar-refractivity contribution in [3.8, 4) is 0 Å². The van der Waals surface area contributed by atoms with Gasteiger partial charge in [0.15, 0.2) is 0 Å². The Labute approximate surface area is 127 Å². The number of benzene rings is 1. The molecular weight excluding hydrogens is 324 g/mol. The Balaban J connectivity index is 2.27. The number of methoxy groups -OCH3 is 1. The fourth-order valence-corrected chi connectivity index (χ4v) is 2.06. The average molecular weight is 343 g/mol. The van der Waals surface area contributed by atoms with Crippen LogP contribution in [0.5, 0.6) is 0 Å². The number of hydrogen-bond acceptors (Lipinski definition) is 4. The Morgan fingerprint density at radius 2 is 2.05 bits per heavy atom. The Kier molecular flexibility index (Phi) is 7.08. The van der Waals surface area contributed by atoms with Crippen LogP contribution < -0.4 is 11.1 Å². The second kappa shape index (κ2) is 8.58. The van der Waals surface area contributed by atoms with E-state index in [9.17, 15) is 9.59 Å². The predicted octanol–water partition coefficient (Wildman–Crippen LogP) is 2.49. The second-order valence-corrected chi connectivity index (χ2v) is 5.29. The molecule has 20 heavy (non-hydrogen) atoms. The van der Waals surface area contributed by atoms with Crippen LogP contribution in [0.15, 0.2) is 22.7 Å². The van der Waals surface area contributed by atoms with Crippen LogP contribution in [0, 0.1) is 0 Å². The van der Waals surface area contributed by atoms with E-state index >= 15 is 0 Å². The molecule has 0 radical (unpaired) electrons. The van der Waals surface area contributed by atoms with Crippen LogP contribution in [0.3, 0.4) is 0 Å². The molecule has 1 aromatic carbocycles. The maximum atomic E-state index is 11.9. The zero-order chi connectivity index (χ0) is 15.0. The topological polar surface area (TPSA) is 81.4 Å². The Morgan fingerprint density at radius 3 is 2.75 bits per heavy atom. The van der Waals surface area contributed by atoms with E-state index in [-0.39, 0.29) is 11.9 Å². The van der Waals surface area contributed by atoms with Gasteiger partial charge in [0.1, 0.15) is 0 Å². The first-order valence-corrected chi connectivity index (χ1v) is 7.24. The van der Waals surface area contributed by atoms with Crippen molar-refractivity contribution in [2.24, 2.45) is 0 Å². The van der Waals surface area contributed by atoms with Crippen LogP contribution in [-0.4, -0.2) is 25.5 Å². The van der Waals surface area contributed by atoms with Crippen LogP contribution in [0.25, 0.3) is 0 Å². The molecule has 0 atom stereocenters. The molecule has 0 heterocycles. The summed E-state index contributed by atoms with van der Waals surface area (Å²) in [7, 11) is 1.38. The highest BCUT2D eigenvalue weighted by Crippen LogP contribution is 2.18. The number of amides is 1. The Hall–Kier alpha value is -1.56. The van der Waals surface area contributed by atoms with Gasteiger partial charge in [0.25, 0.3) is 5.91 Å². The molecule has 0 fully saturated rings. The molecular formula is C14H19BrN2O3. The molecule has 6 heteroatoms. The van der Waals surface area contributed by atoms with Crippen LogP contribution in [0.2, 0.25) is 0 Å². The van der Waals surface area contributed by atoms with Crippen LogP contribution >= 0.6 is 15.9 Å². The second-order valence-electron chi connectivity index (χ2n) is 4.37. The van der Waals surface area contributed by atoms with Crippen LogP contribution in [-0.2, 0) is 9.53 Å². The average Bonchev–Trinajstić information content (AvgIpc) is 2.44. The van der Waals surface area contributed by atoms with Gasteiger partial charge in [0.2, 0.25) is 0 Å². The van der Waals surface area contributed by atoms with Gasteiger partial charge < -0.3 is 15.8 Å². The fourth-order valence-electron chi connectivity index (χ4n) is 1.70. The summed E-state index contributed by atoms with van der Waals surface area (Å²) < 4.78 is 5.36. The molecule has 1 rings (SSSR count). The molecule has 0 bridgehead atoms. The monoisotopic (exact) mass is 342 g/mol. The van der Waals surface area contributed by atoms with Crippen molar-refractivity contribution >= 4 is 33.5 Å². The zero-order valence-corrected chi connectivity index (χ0v) is 13.0. The molecule has 0 aromatic heterocycles. The highest BCUT2D eigenvalue weighted by atomic mass is 79.9. The lowest BCUT2D eigenvalue weighted by atomic mass is 10.1. The van der Waals surface area contributed by atoms with E-state index < -0.39 is 0 Å². The van der Waals surface area contributed by atoms with E-state index in [0.29, 0.717) is 24.2 Å². The van der Waals surface area contributed by atoms with E-state index in [1.807, 2.05) is 0 Å². The molecule has 1 amide bonds. The molecule has 0 aliphatic heterocycles. The first kappa shape index (κ1) is 16.5. The number of ether oxygens (including phenoxy) is 1. The summed E-state index contributed by atoms with van der Waals surface area (Å²) >= 11 is 3.31. The zero-order valence-electron chi connectivity index (χ0n) is 11.4. The minimum Gasteiger partial charge on any atom is -0.469 e. The number of halogens is 1. The van der Waals surface area contributed by atoms with Gasteiger partial charge in [-0.15, -0.1) is 0 Å². The highest BCUT2D eigenvalue weighted by Gasteiger charge is 2.09. The third kappa shape index (κ3) is 5.61. The summed E-state index contributed by atoms with van der Waals surface area (Å²) in [5, 5.41) is 2.81. The standard InChI is InChI=1S/C14H19BrN2O3/c1-20-13(18)5-3-2-4-8-17-14(19)11-9-10(15)6-7-12(11)16/h6-7,9H,2-5,8,16H2,1H3,(H,17,19). The Morgan fingerprint density at radius 1 is 1.30 bits per heavy atom. The van der Waals surface area contributed by atoms with Gasteiger partial charge in [0, 0.05) is 23.1 Å². The predicted molar refractivity (Wildman–Crippen MR) is 81.4 cm³/mol. The van der Waals surface area contributed by atoms with Gasteiger partial charge in [-0.1, -0.05) is 22.4 Å². The van der Waals surface area contributed by atoms with Gasteiger partial charge in [-0.3, -0.25) is 9.59 Å². The summed E-state index contributed by atoms with van der Waals surface area (Å²) in [4.78, 5) is 22.8. The molecule has 0 unspecified atom stereocenters. The number of nitrogens with one attached hydrogen (secondary N) is 1. The number of hydrogen-bond donors (Lipinski definition) is 2. The molecule has 0 spiro atoms. The molecule has 0 saturated heterocycles. The van der Waals surface area contributed by atoms with Gasteiger partial charge in [-0.05, 0) is 31.0 Å². The number of nitrogen functional groups attached to an aromatic ring is 1. The minimum absolute atomic E-state index is 0.184. The summed E-state index contributed by atoms with van der Waals surface area (Å²) in [5.74, 6) is -0.382. The van der Waals surface area contributed by atoms with Gasteiger partial charge >= 0.3 is 5.97 Å². The Bertz CT molecular complexity index is 477. The quantitative estimate of drug-likeness (QED) is 0.453. The molecule has 3 N–H and O–H groups in total. The van der Waals surface area contributed by atoms with Gasteiger partial charge in [0.05, 0.1) is 12.7 Å². The van der Waals surface area contributed by atoms with E-state index in [1.165, 1.54) is 7.11 Å². The lowest BCUT2D eigenvalue weighted by Crippen LogP contribution is -2.25. The molecule has 0 aliphatic rings. The van der Waals surface area contributed by atoms with E-state index in [2.05, 4.69) is 26.0 Å². The minimum atomic E-state index is -0.198.